The SMILES string of the molecule is CCCCCCCCC(N=C=O)(C(C)C)C(OC)(OC)OC. The number of rotatable bonds is 13. The van der Waals surface area contributed by atoms with E-state index >= 15 is 0 Å². The van der Waals surface area contributed by atoms with Crippen LogP contribution in [0.3, 0.4) is 0 Å². The van der Waals surface area contributed by atoms with E-state index < -0.39 is 11.5 Å². The molecule has 0 aliphatic carbocycles. The molecule has 0 aromatic heterocycles. The summed E-state index contributed by atoms with van der Waals surface area (Å²) in [4.78, 5) is 15.1. The van der Waals surface area contributed by atoms with Crippen LogP contribution >= 0.6 is 0 Å². The van der Waals surface area contributed by atoms with Gasteiger partial charge in [-0.2, -0.15) is 4.99 Å². The molecular weight excluding hydrogens is 282 g/mol. The highest BCUT2D eigenvalue weighted by Crippen LogP contribution is 2.41. The van der Waals surface area contributed by atoms with E-state index in [-0.39, 0.29) is 5.92 Å². The standard InChI is InChI=1S/C17H33NO4/c1-7-8-9-10-11-12-13-16(15(2)3,18-14-19)17(20-4,21-5)22-6/h15H,7-13H2,1-6H3. The zero-order valence-corrected chi connectivity index (χ0v) is 15.1. The highest BCUT2D eigenvalue weighted by atomic mass is 16.9. The van der Waals surface area contributed by atoms with Gasteiger partial charge in [0.2, 0.25) is 6.08 Å². The first-order valence-electron chi connectivity index (χ1n) is 8.24. The molecule has 0 fully saturated rings. The zero-order chi connectivity index (χ0) is 17.1. The number of methoxy groups -OCH3 is 3. The Balaban J connectivity index is 5.14. The molecule has 130 valence electrons. The lowest BCUT2D eigenvalue weighted by Crippen LogP contribution is -2.60. The first kappa shape index (κ1) is 21.3. The fraction of sp³-hybridized carbons (Fsp3) is 0.941. The minimum atomic E-state index is -1.37. The predicted octanol–water partition coefficient (Wildman–Crippen LogP) is 4.06. The number of isocyanates is 1. The molecule has 0 rings (SSSR count). The quantitative estimate of drug-likeness (QED) is 0.222. The van der Waals surface area contributed by atoms with Crippen LogP contribution in [0.5, 0.6) is 0 Å². The number of carbonyl (C=O) groups excluding carboxylic acids is 1. The normalized spacial score (nSPS) is 14.7. The van der Waals surface area contributed by atoms with Crippen molar-refractivity contribution in [2.24, 2.45) is 10.9 Å². The molecule has 1 atom stereocenters. The Hall–Kier alpha value is -0.740. The molecule has 0 aromatic rings. The number of hydrogen-bond acceptors (Lipinski definition) is 5. The van der Waals surface area contributed by atoms with Gasteiger partial charge in [0.1, 0.15) is 0 Å². The molecule has 0 spiro atoms. The second-order valence-corrected chi connectivity index (χ2v) is 5.97. The molecule has 22 heavy (non-hydrogen) atoms. The summed E-state index contributed by atoms with van der Waals surface area (Å²) >= 11 is 0. The predicted molar refractivity (Wildman–Crippen MR) is 87.4 cm³/mol. The Labute approximate surface area is 135 Å². The second kappa shape index (κ2) is 10.9. The molecule has 0 heterocycles. The Morgan fingerprint density at radius 2 is 1.45 bits per heavy atom. The summed E-state index contributed by atoms with van der Waals surface area (Å²) in [6, 6.07) is 0. The number of unbranched alkanes of at least 4 members (excludes halogenated alkanes) is 5. The van der Waals surface area contributed by atoms with Crippen molar-refractivity contribution < 1.29 is 19.0 Å². The molecule has 5 heteroatoms. The lowest BCUT2D eigenvalue weighted by atomic mass is 9.79. The minimum Gasteiger partial charge on any atom is -0.329 e. The van der Waals surface area contributed by atoms with Gasteiger partial charge in [-0.1, -0.05) is 59.3 Å². The molecule has 1 unspecified atom stereocenters. The Bertz CT molecular complexity index is 327. The van der Waals surface area contributed by atoms with Crippen LogP contribution in [0.4, 0.5) is 0 Å². The summed E-state index contributed by atoms with van der Waals surface area (Å²) in [5, 5.41) is 0. The van der Waals surface area contributed by atoms with Crippen molar-refractivity contribution in [3.05, 3.63) is 0 Å². The molecule has 5 nitrogen and oxygen atoms in total. The van der Waals surface area contributed by atoms with E-state index in [0.29, 0.717) is 6.42 Å². The van der Waals surface area contributed by atoms with Crippen molar-refractivity contribution >= 4 is 6.08 Å². The van der Waals surface area contributed by atoms with Crippen LogP contribution in [-0.4, -0.2) is 38.9 Å². The van der Waals surface area contributed by atoms with Crippen molar-refractivity contribution in [2.45, 2.75) is 77.2 Å². The van der Waals surface area contributed by atoms with Crippen molar-refractivity contribution in [2.75, 3.05) is 21.3 Å². The van der Waals surface area contributed by atoms with Gasteiger partial charge in [0.15, 0.2) is 5.54 Å². The van der Waals surface area contributed by atoms with Gasteiger partial charge in [0, 0.05) is 21.3 Å². The average molecular weight is 315 g/mol. The molecule has 0 saturated carbocycles. The summed E-state index contributed by atoms with van der Waals surface area (Å²) in [6.07, 6.45) is 9.30. The van der Waals surface area contributed by atoms with Crippen molar-refractivity contribution in [1.82, 2.24) is 0 Å². The lowest BCUT2D eigenvalue weighted by Gasteiger charge is -2.45. The van der Waals surface area contributed by atoms with Crippen molar-refractivity contribution in [3.8, 4) is 0 Å². The minimum absolute atomic E-state index is 0.00411. The summed E-state index contributed by atoms with van der Waals surface area (Å²) in [5.41, 5.74) is -0.905. The smallest absolute Gasteiger partial charge is 0.310 e. The van der Waals surface area contributed by atoms with Gasteiger partial charge in [-0.3, -0.25) is 0 Å². The number of hydrogen-bond donors (Lipinski definition) is 0. The summed E-state index contributed by atoms with van der Waals surface area (Å²) in [5.74, 6) is -1.37. The van der Waals surface area contributed by atoms with Crippen molar-refractivity contribution in [1.29, 1.82) is 0 Å². The van der Waals surface area contributed by atoms with Crippen LogP contribution in [0.25, 0.3) is 0 Å². The lowest BCUT2D eigenvalue weighted by molar-refractivity contribution is -0.390. The molecule has 0 radical (unpaired) electrons. The second-order valence-electron chi connectivity index (χ2n) is 5.97. The summed E-state index contributed by atoms with van der Waals surface area (Å²) in [7, 11) is 4.52. The maximum absolute atomic E-state index is 11.0. The Kier molecular flexibility index (Phi) is 10.5. The maximum Gasteiger partial charge on any atom is 0.310 e. The maximum atomic E-state index is 11.0. The van der Waals surface area contributed by atoms with Gasteiger partial charge in [-0.25, -0.2) is 4.79 Å². The third-order valence-corrected chi connectivity index (χ3v) is 4.45. The average Bonchev–Trinajstić information content (AvgIpc) is 2.52. The summed E-state index contributed by atoms with van der Waals surface area (Å²) in [6.45, 7) is 6.18. The Morgan fingerprint density at radius 3 is 1.86 bits per heavy atom. The van der Waals surface area contributed by atoms with Crippen LogP contribution in [0, 0.1) is 5.92 Å². The molecular formula is C17H33NO4. The molecule has 0 aromatic carbocycles. The molecule has 0 bridgehead atoms. The summed E-state index contributed by atoms with van der Waals surface area (Å²) < 4.78 is 16.5. The number of nitrogens with zero attached hydrogens (tertiary/aromatic N) is 1. The van der Waals surface area contributed by atoms with E-state index in [2.05, 4.69) is 11.9 Å². The molecule has 0 N–H and O–H groups in total. The van der Waals surface area contributed by atoms with E-state index in [1.165, 1.54) is 47.0 Å². The third kappa shape index (κ3) is 4.88. The largest absolute Gasteiger partial charge is 0.329 e. The number of ether oxygens (including phenoxy) is 3. The molecule has 0 aliphatic heterocycles. The molecule has 0 saturated heterocycles. The van der Waals surface area contributed by atoms with Crippen LogP contribution in [-0.2, 0) is 19.0 Å². The number of aliphatic imine (C=N–C) groups is 1. The van der Waals surface area contributed by atoms with Gasteiger partial charge >= 0.3 is 5.97 Å². The molecule has 0 aliphatic rings. The monoisotopic (exact) mass is 315 g/mol. The van der Waals surface area contributed by atoms with E-state index in [9.17, 15) is 4.79 Å². The van der Waals surface area contributed by atoms with Crippen LogP contribution in [0.15, 0.2) is 4.99 Å². The van der Waals surface area contributed by atoms with E-state index in [1.807, 2.05) is 13.8 Å². The van der Waals surface area contributed by atoms with Gasteiger partial charge in [-0.15, -0.1) is 0 Å². The fourth-order valence-electron chi connectivity index (χ4n) is 3.09. The van der Waals surface area contributed by atoms with Crippen molar-refractivity contribution in [3.63, 3.8) is 0 Å². The van der Waals surface area contributed by atoms with E-state index in [0.717, 1.165) is 12.8 Å². The topological polar surface area (TPSA) is 57.1 Å². The van der Waals surface area contributed by atoms with Gasteiger partial charge in [-0.05, 0) is 12.3 Å². The first-order chi connectivity index (χ1) is 10.5. The van der Waals surface area contributed by atoms with Crippen LogP contribution in [0.1, 0.15) is 65.7 Å². The van der Waals surface area contributed by atoms with Gasteiger partial charge < -0.3 is 14.2 Å². The van der Waals surface area contributed by atoms with Crippen LogP contribution < -0.4 is 0 Å². The first-order valence-corrected chi connectivity index (χ1v) is 8.24. The van der Waals surface area contributed by atoms with E-state index in [1.54, 1.807) is 6.08 Å². The van der Waals surface area contributed by atoms with Gasteiger partial charge in [0.05, 0.1) is 0 Å². The molecule has 0 amide bonds. The highest BCUT2D eigenvalue weighted by molar-refractivity contribution is 5.35. The fourth-order valence-corrected chi connectivity index (χ4v) is 3.09. The van der Waals surface area contributed by atoms with Crippen LogP contribution in [0.2, 0.25) is 0 Å². The zero-order valence-electron chi connectivity index (χ0n) is 15.1. The Morgan fingerprint density at radius 1 is 0.955 bits per heavy atom. The van der Waals surface area contributed by atoms with Gasteiger partial charge in [0.25, 0.3) is 0 Å². The third-order valence-electron chi connectivity index (χ3n) is 4.45. The highest BCUT2D eigenvalue weighted by Gasteiger charge is 2.56. The van der Waals surface area contributed by atoms with E-state index in [4.69, 9.17) is 14.2 Å².